The minimum Gasteiger partial charge on any atom is -0.493 e. The molecule has 0 spiro atoms. The number of aryl methyl sites for hydroxylation is 1. The number of methoxy groups -OCH3 is 4. The molecule has 0 amide bonds. The molecule has 1 aromatic carbocycles. The van der Waals surface area contributed by atoms with Gasteiger partial charge in [-0.25, -0.2) is 4.79 Å². The van der Waals surface area contributed by atoms with E-state index in [0.29, 0.717) is 38.6 Å². The topological polar surface area (TPSA) is 78.1 Å². The van der Waals surface area contributed by atoms with Crippen LogP contribution in [0.5, 0.6) is 17.2 Å². The first-order valence-corrected chi connectivity index (χ1v) is 9.28. The molecule has 0 saturated carbocycles. The van der Waals surface area contributed by atoms with E-state index in [1.54, 1.807) is 18.2 Å². The van der Waals surface area contributed by atoms with Crippen molar-refractivity contribution < 1.29 is 23.7 Å². The maximum absolute atomic E-state index is 12.0. The van der Waals surface area contributed by atoms with Crippen LogP contribution in [0.15, 0.2) is 18.2 Å². The highest BCUT2D eigenvalue weighted by Gasteiger charge is 2.18. The summed E-state index contributed by atoms with van der Waals surface area (Å²) in [5, 5.41) is 7.07. The number of hydrogen-bond acceptors (Lipinski definition) is 7. The van der Waals surface area contributed by atoms with Crippen LogP contribution >= 0.6 is 23.6 Å². The second-order valence-electron chi connectivity index (χ2n) is 5.29. The number of hydrogen-bond donors (Lipinski definition) is 2. The number of thiophene rings is 1. The lowest BCUT2D eigenvalue weighted by Gasteiger charge is -2.16. The fourth-order valence-electron chi connectivity index (χ4n) is 2.39. The van der Waals surface area contributed by atoms with E-state index >= 15 is 0 Å². The van der Waals surface area contributed by atoms with Crippen LogP contribution in [0.25, 0.3) is 0 Å². The Labute approximate surface area is 167 Å². The van der Waals surface area contributed by atoms with Gasteiger partial charge in [0.1, 0.15) is 5.00 Å². The molecule has 9 heteroatoms. The van der Waals surface area contributed by atoms with E-state index < -0.39 is 5.97 Å². The van der Waals surface area contributed by atoms with Gasteiger partial charge in [0.15, 0.2) is 16.6 Å². The van der Waals surface area contributed by atoms with Crippen LogP contribution in [-0.4, -0.2) is 39.5 Å². The number of nitrogens with one attached hydrogen (secondary N) is 2. The fourth-order valence-corrected chi connectivity index (χ4v) is 3.66. The maximum atomic E-state index is 12.0. The molecule has 0 fully saturated rings. The van der Waals surface area contributed by atoms with E-state index in [1.165, 1.54) is 39.8 Å². The van der Waals surface area contributed by atoms with Gasteiger partial charge in [0.05, 0.1) is 34.0 Å². The van der Waals surface area contributed by atoms with Crippen LogP contribution in [0.1, 0.15) is 22.2 Å². The van der Waals surface area contributed by atoms with Gasteiger partial charge < -0.3 is 29.6 Å². The standard InChI is InChI=1S/C18H22N2O5S2/c1-6-11-9-12(17(21)25-5)16(27-11)20-18(26)19-10-7-13(22-2)15(24-4)14(8-10)23-3/h7-9H,6H2,1-5H3,(H2,19,20,26). The smallest absolute Gasteiger partial charge is 0.340 e. The molecule has 2 aromatic rings. The zero-order valence-corrected chi connectivity index (χ0v) is 17.4. The summed E-state index contributed by atoms with van der Waals surface area (Å²) in [6.07, 6.45) is 0.809. The van der Waals surface area contributed by atoms with Crippen molar-refractivity contribution in [3.63, 3.8) is 0 Å². The SMILES string of the molecule is CCc1cc(C(=O)OC)c(NC(=S)Nc2cc(OC)c(OC)c(OC)c2)s1. The Balaban J connectivity index is 2.24. The van der Waals surface area contributed by atoms with Crippen molar-refractivity contribution in [2.45, 2.75) is 13.3 Å². The normalized spacial score (nSPS) is 10.1. The number of esters is 1. The van der Waals surface area contributed by atoms with E-state index in [-0.39, 0.29) is 0 Å². The van der Waals surface area contributed by atoms with Gasteiger partial charge >= 0.3 is 5.97 Å². The molecule has 0 bridgehead atoms. The Hall–Kier alpha value is -2.52. The predicted octanol–water partition coefficient (Wildman–Crippen LogP) is 3.93. The van der Waals surface area contributed by atoms with Gasteiger partial charge in [0, 0.05) is 22.7 Å². The molecule has 1 aromatic heterocycles. The van der Waals surface area contributed by atoms with Crippen molar-refractivity contribution in [3.8, 4) is 17.2 Å². The molecule has 0 unspecified atom stereocenters. The molecule has 2 N–H and O–H groups in total. The van der Waals surface area contributed by atoms with Crippen LogP contribution in [0.3, 0.4) is 0 Å². The third-order valence-electron chi connectivity index (χ3n) is 3.69. The second kappa shape index (κ2) is 9.43. The molecule has 0 aliphatic carbocycles. The van der Waals surface area contributed by atoms with Crippen molar-refractivity contribution in [2.24, 2.45) is 0 Å². The minimum atomic E-state index is -0.413. The van der Waals surface area contributed by atoms with Gasteiger partial charge in [-0.3, -0.25) is 0 Å². The number of anilines is 2. The van der Waals surface area contributed by atoms with E-state index in [9.17, 15) is 4.79 Å². The number of rotatable bonds is 7. The van der Waals surface area contributed by atoms with Crippen LogP contribution in [0, 0.1) is 0 Å². The third-order valence-corrected chi connectivity index (χ3v) is 5.09. The summed E-state index contributed by atoms with van der Waals surface area (Å²) < 4.78 is 20.8. The largest absolute Gasteiger partial charge is 0.493 e. The highest BCUT2D eigenvalue weighted by atomic mass is 32.1. The van der Waals surface area contributed by atoms with Crippen molar-refractivity contribution in [3.05, 3.63) is 28.6 Å². The Kier molecular flexibility index (Phi) is 7.26. The molecule has 146 valence electrons. The van der Waals surface area contributed by atoms with Gasteiger partial charge in [0.2, 0.25) is 5.75 Å². The number of ether oxygens (including phenoxy) is 4. The quantitative estimate of drug-likeness (QED) is 0.525. The van der Waals surface area contributed by atoms with Gasteiger partial charge in [0.25, 0.3) is 0 Å². The summed E-state index contributed by atoms with van der Waals surface area (Å²) >= 11 is 6.84. The fraction of sp³-hybridized carbons (Fsp3) is 0.333. The number of thiocarbonyl (C=S) groups is 1. The third kappa shape index (κ3) is 4.81. The summed E-state index contributed by atoms with van der Waals surface area (Å²) in [6, 6.07) is 5.28. The van der Waals surface area contributed by atoms with Crippen molar-refractivity contribution in [2.75, 3.05) is 39.1 Å². The Morgan fingerprint density at radius 3 is 2.15 bits per heavy atom. The highest BCUT2D eigenvalue weighted by Crippen LogP contribution is 2.40. The average molecular weight is 411 g/mol. The Morgan fingerprint density at radius 1 is 1.04 bits per heavy atom. The first-order chi connectivity index (χ1) is 13.0. The van der Waals surface area contributed by atoms with Crippen LogP contribution in [-0.2, 0) is 11.2 Å². The first-order valence-electron chi connectivity index (χ1n) is 8.06. The summed E-state index contributed by atoms with van der Waals surface area (Å²) in [4.78, 5) is 13.0. The zero-order chi connectivity index (χ0) is 20.0. The summed E-state index contributed by atoms with van der Waals surface area (Å²) in [7, 11) is 5.97. The maximum Gasteiger partial charge on any atom is 0.340 e. The van der Waals surface area contributed by atoms with Crippen molar-refractivity contribution in [1.29, 1.82) is 0 Å². The van der Waals surface area contributed by atoms with E-state index in [1.807, 2.05) is 6.92 Å². The summed E-state index contributed by atoms with van der Waals surface area (Å²) in [5.41, 5.74) is 1.10. The molecule has 2 rings (SSSR count). The summed E-state index contributed by atoms with van der Waals surface area (Å²) in [6.45, 7) is 2.02. The van der Waals surface area contributed by atoms with Crippen molar-refractivity contribution in [1.82, 2.24) is 0 Å². The molecule has 0 radical (unpaired) electrons. The highest BCUT2D eigenvalue weighted by molar-refractivity contribution is 7.80. The van der Waals surface area contributed by atoms with Gasteiger partial charge in [-0.05, 0) is 24.7 Å². The molecule has 0 aliphatic heterocycles. The predicted molar refractivity (Wildman–Crippen MR) is 111 cm³/mol. The molecule has 0 saturated heterocycles. The average Bonchev–Trinajstić information content (AvgIpc) is 3.09. The van der Waals surface area contributed by atoms with Crippen LogP contribution in [0.2, 0.25) is 0 Å². The zero-order valence-electron chi connectivity index (χ0n) is 15.8. The molecular weight excluding hydrogens is 388 g/mol. The number of benzene rings is 1. The molecule has 0 atom stereocenters. The second-order valence-corrected chi connectivity index (χ2v) is 6.84. The lowest BCUT2D eigenvalue weighted by molar-refractivity contribution is 0.0602. The Bertz CT molecular complexity index is 810. The monoisotopic (exact) mass is 410 g/mol. The van der Waals surface area contributed by atoms with E-state index in [0.717, 1.165) is 11.3 Å². The number of carbonyl (C=O) groups excluding carboxylic acids is 1. The van der Waals surface area contributed by atoms with Crippen LogP contribution in [0.4, 0.5) is 10.7 Å². The van der Waals surface area contributed by atoms with Crippen molar-refractivity contribution >= 4 is 45.3 Å². The lowest BCUT2D eigenvalue weighted by atomic mass is 10.2. The first kappa shape index (κ1) is 20.8. The molecule has 1 heterocycles. The van der Waals surface area contributed by atoms with E-state index in [4.69, 9.17) is 31.2 Å². The van der Waals surface area contributed by atoms with Gasteiger partial charge in [-0.2, -0.15) is 0 Å². The van der Waals surface area contributed by atoms with Gasteiger partial charge in [-0.15, -0.1) is 11.3 Å². The molecule has 27 heavy (non-hydrogen) atoms. The molecule has 7 nitrogen and oxygen atoms in total. The molecular formula is C18H22N2O5S2. The minimum absolute atomic E-state index is 0.318. The lowest BCUT2D eigenvalue weighted by Crippen LogP contribution is -2.20. The Morgan fingerprint density at radius 2 is 1.67 bits per heavy atom. The molecule has 0 aliphatic rings. The van der Waals surface area contributed by atoms with E-state index in [2.05, 4.69) is 10.6 Å². The number of carbonyl (C=O) groups is 1. The van der Waals surface area contributed by atoms with Crippen LogP contribution < -0.4 is 24.8 Å². The van der Waals surface area contributed by atoms with Gasteiger partial charge in [-0.1, -0.05) is 6.92 Å². The summed E-state index contributed by atoms with van der Waals surface area (Å²) in [5.74, 6) is 1.08.